The van der Waals surface area contributed by atoms with Gasteiger partial charge < -0.3 is 15.0 Å². The zero-order chi connectivity index (χ0) is 20.9. The molecule has 1 fully saturated rings. The number of carbonyl (C=O) groups excluding carboxylic acids is 1. The Morgan fingerprint density at radius 3 is 2.60 bits per heavy atom. The van der Waals surface area contributed by atoms with Crippen molar-refractivity contribution in [2.75, 3.05) is 39.9 Å². The van der Waals surface area contributed by atoms with Crippen molar-refractivity contribution < 1.29 is 9.53 Å². The average Bonchev–Trinajstić information content (AvgIpc) is 3.23. The lowest BCUT2D eigenvalue weighted by molar-refractivity contribution is 0.0336. The molecule has 0 spiro atoms. The van der Waals surface area contributed by atoms with Gasteiger partial charge in [0.15, 0.2) is 0 Å². The maximum absolute atomic E-state index is 13.1. The minimum atomic E-state index is -0.109. The zero-order valence-corrected chi connectivity index (χ0v) is 18.3. The van der Waals surface area contributed by atoms with E-state index in [1.807, 2.05) is 50.4 Å². The highest BCUT2D eigenvalue weighted by Crippen LogP contribution is 2.29. The maximum Gasteiger partial charge on any atom is 0.318 e. The number of nitrogens with one attached hydrogen (secondary N) is 1. The number of rotatable bonds is 6. The molecule has 2 heterocycles. The molecule has 7 heteroatoms. The van der Waals surface area contributed by atoms with Gasteiger partial charge in [0.25, 0.3) is 0 Å². The second-order valence-corrected chi connectivity index (χ2v) is 8.69. The van der Waals surface area contributed by atoms with Gasteiger partial charge in [-0.3, -0.25) is 4.90 Å². The van der Waals surface area contributed by atoms with Crippen LogP contribution in [0, 0.1) is 0 Å². The number of hydrogen-bond donors (Lipinski definition) is 1. The van der Waals surface area contributed by atoms with Gasteiger partial charge in [-0.1, -0.05) is 42.5 Å². The lowest BCUT2D eigenvalue weighted by Crippen LogP contribution is -2.46. The first-order chi connectivity index (χ1) is 14.6. The zero-order valence-electron chi connectivity index (χ0n) is 17.5. The molecular formula is C23H28N4O2S. The van der Waals surface area contributed by atoms with Crippen LogP contribution in [0.3, 0.4) is 0 Å². The second kappa shape index (κ2) is 9.55. The van der Waals surface area contributed by atoms with Gasteiger partial charge >= 0.3 is 6.03 Å². The summed E-state index contributed by atoms with van der Waals surface area (Å²) in [7, 11) is 1.84. The van der Waals surface area contributed by atoms with Gasteiger partial charge in [-0.15, -0.1) is 11.3 Å². The van der Waals surface area contributed by atoms with Crippen LogP contribution in [0.5, 0.6) is 0 Å². The number of amides is 2. The number of morpholine rings is 1. The monoisotopic (exact) mass is 424 g/mol. The van der Waals surface area contributed by atoms with Crippen LogP contribution in [0.1, 0.15) is 29.6 Å². The van der Waals surface area contributed by atoms with Crippen LogP contribution < -0.4 is 5.32 Å². The first kappa shape index (κ1) is 20.8. The van der Waals surface area contributed by atoms with Gasteiger partial charge in [0, 0.05) is 26.7 Å². The molecule has 158 valence electrons. The molecule has 0 aliphatic carbocycles. The van der Waals surface area contributed by atoms with Crippen LogP contribution in [0.2, 0.25) is 0 Å². The van der Waals surface area contributed by atoms with Gasteiger partial charge in [0.2, 0.25) is 0 Å². The third kappa shape index (κ3) is 4.80. The smallest absolute Gasteiger partial charge is 0.318 e. The van der Waals surface area contributed by atoms with Crippen LogP contribution in [-0.2, 0) is 4.74 Å². The van der Waals surface area contributed by atoms with Gasteiger partial charge in [0.05, 0.1) is 35.5 Å². The van der Waals surface area contributed by atoms with Crippen LogP contribution in [0.25, 0.3) is 10.2 Å². The van der Waals surface area contributed by atoms with Gasteiger partial charge in [-0.25, -0.2) is 9.78 Å². The molecule has 6 nitrogen and oxygen atoms in total. The predicted molar refractivity (Wildman–Crippen MR) is 121 cm³/mol. The summed E-state index contributed by atoms with van der Waals surface area (Å²) in [6, 6.07) is 18.0. The Hall–Kier alpha value is -2.48. The molecule has 4 rings (SSSR count). The number of para-hydroxylation sites is 1. The summed E-state index contributed by atoms with van der Waals surface area (Å²) in [5.74, 6) is 0. The average molecular weight is 425 g/mol. The van der Waals surface area contributed by atoms with E-state index in [-0.39, 0.29) is 18.1 Å². The molecule has 3 aromatic rings. The fraction of sp³-hybridized carbons (Fsp3) is 0.391. The molecule has 2 unspecified atom stereocenters. The highest BCUT2D eigenvalue weighted by Gasteiger charge is 2.25. The minimum absolute atomic E-state index is 0.0817. The largest absolute Gasteiger partial charge is 0.379 e. The fourth-order valence-electron chi connectivity index (χ4n) is 3.62. The van der Waals surface area contributed by atoms with Crippen molar-refractivity contribution in [1.29, 1.82) is 0 Å². The summed E-state index contributed by atoms with van der Waals surface area (Å²) < 4.78 is 6.61. The van der Waals surface area contributed by atoms with E-state index in [1.54, 1.807) is 16.2 Å². The van der Waals surface area contributed by atoms with Crippen molar-refractivity contribution >= 4 is 27.6 Å². The lowest BCUT2D eigenvalue weighted by atomic mass is 10.1. The van der Waals surface area contributed by atoms with Crippen molar-refractivity contribution in [2.24, 2.45) is 0 Å². The SMILES string of the molecule is CC(c1nc2ccccc2s1)N(C)C(=O)NC(CN1CCOCC1)c1ccccc1. The molecule has 30 heavy (non-hydrogen) atoms. The van der Waals surface area contributed by atoms with Crippen LogP contribution in [-0.4, -0.2) is 60.7 Å². The summed E-state index contributed by atoms with van der Waals surface area (Å²) >= 11 is 1.64. The Kier molecular flexibility index (Phi) is 6.62. The first-order valence-corrected chi connectivity index (χ1v) is 11.2. The molecule has 2 amide bonds. The molecular weight excluding hydrogens is 396 g/mol. The number of carbonyl (C=O) groups is 1. The number of fused-ring (bicyclic) bond motifs is 1. The maximum atomic E-state index is 13.1. The molecule has 1 N–H and O–H groups in total. The molecule has 0 radical (unpaired) electrons. The number of benzene rings is 2. The van der Waals surface area contributed by atoms with Crippen molar-refractivity contribution in [3.05, 3.63) is 65.2 Å². The Balaban J connectivity index is 1.47. The molecule has 1 aliphatic heterocycles. The predicted octanol–water partition coefficient (Wildman–Crippen LogP) is 4.07. The molecule has 2 aromatic carbocycles. The summed E-state index contributed by atoms with van der Waals surface area (Å²) in [5.41, 5.74) is 2.09. The van der Waals surface area contributed by atoms with Crippen LogP contribution in [0.4, 0.5) is 4.79 Å². The van der Waals surface area contributed by atoms with Crippen molar-refractivity contribution in [1.82, 2.24) is 20.1 Å². The quantitative estimate of drug-likeness (QED) is 0.648. The summed E-state index contributed by atoms with van der Waals surface area (Å²) in [4.78, 5) is 22.0. The van der Waals surface area contributed by atoms with Crippen molar-refractivity contribution in [3.8, 4) is 0 Å². The van der Waals surface area contributed by atoms with Crippen molar-refractivity contribution in [3.63, 3.8) is 0 Å². The Morgan fingerprint density at radius 2 is 1.87 bits per heavy atom. The summed E-state index contributed by atoms with van der Waals surface area (Å²) in [6.07, 6.45) is 0. The molecule has 1 saturated heterocycles. The van der Waals surface area contributed by atoms with E-state index >= 15 is 0 Å². The normalized spacial score (nSPS) is 16.9. The summed E-state index contributed by atoms with van der Waals surface area (Å²) in [6.45, 7) is 6.04. The number of hydrogen-bond acceptors (Lipinski definition) is 5. The highest BCUT2D eigenvalue weighted by molar-refractivity contribution is 7.18. The van der Waals surface area contributed by atoms with E-state index in [9.17, 15) is 4.79 Å². The number of nitrogens with zero attached hydrogens (tertiary/aromatic N) is 3. The highest BCUT2D eigenvalue weighted by atomic mass is 32.1. The van der Waals surface area contributed by atoms with E-state index in [2.05, 4.69) is 28.4 Å². The third-order valence-electron chi connectivity index (χ3n) is 5.61. The van der Waals surface area contributed by atoms with E-state index in [4.69, 9.17) is 9.72 Å². The number of aromatic nitrogens is 1. The first-order valence-electron chi connectivity index (χ1n) is 10.4. The van der Waals surface area contributed by atoms with E-state index in [0.29, 0.717) is 0 Å². The lowest BCUT2D eigenvalue weighted by Gasteiger charge is -2.32. The van der Waals surface area contributed by atoms with Crippen molar-refractivity contribution in [2.45, 2.75) is 19.0 Å². The van der Waals surface area contributed by atoms with Gasteiger partial charge in [-0.05, 0) is 24.6 Å². The molecule has 1 aromatic heterocycles. The third-order valence-corrected chi connectivity index (χ3v) is 6.82. The molecule has 0 saturated carbocycles. The number of ether oxygens (including phenoxy) is 1. The van der Waals surface area contributed by atoms with Crippen LogP contribution in [0.15, 0.2) is 54.6 Å². The van der Waals surface area contributed by atoms with E-state index in [0.717, 1.165) is 53.6 Å². The number of thiazole rings is 1. The minimum Gasteiger partial charge on any atom is -0.379 e. The molecule has 2 atom stereocenters. The second-order valence-electron chi connectivity index (χ2n) is 7.63. The van der Waals surface area contributed by atoms with E-state index < -0.39 is 0 Å². The van der Waals surface area contributed by atoms with Gasteiger partial charge in [-0.2, -0.15) is 0 Å². The van der Waals surface area contributed by atoms with Gasteiger partial charge in [0.1, 0.15) is 5.01 Å². The van der Waals surface area contributed by atoms with Crippen LogP contribution >= 0.6 is 11.3 Å². The topological polar surface area (TPSA) is 57.7 Å². The number of urea groups is 1. The standard InChI is InChI=1S/C23H28N4O2S/c1-17(22-24-19-10-6-7-11-21(19)30-22)26(2)23(28)25-20(18-8-4-3-5-9-18)16-27-12-14-29-15-13-27/h3-11,17,20H,12-16H2,1-2H3,(H,25,28). The summed E-state index contributed by atoms with van der Waals surface area (Å²) in [5, 5.41) is 4.19. The van der Waals surface area contributed by atoms with E-state index in [1.165, 1.54) is 0 Å². The molecule has 0 bridgehead atoms. The fourth-order valence-corrected chi connectivity index (χ4v) is 4.69. The molecule has 1 aliphatic rings. The Morgan fingerprint density at radius 1 is 1.17 bits per heavy atom. The Bertz CT molecular complexity index is 939. The Labute approximate surface area is 181 Å².